The summed E-state index contributed by atoms with van der Waals surface area (Å²) in [6, 6.07) is 1.23. The van der Waals surface area contributed by atoms with Crippen LogP contribution in [0, 0.1) is 0 Å². The molecule has 0 saturated carbocycles. The van der Waals surface area contributed by atoms with Gasteiger partial charge in [0, 0.05) is 0 Å². The van der Waals surface area contributed by atoms with Gasteiger partial charge >= 0.3 is 108 Å². The summed E-state index contributed by atoms with van der Waals surface area (Å²) in [7, 11) is 0. The first-order chi connectivity index (χ1) is 8.58. The summed E-state index contributed by atoms with van der Waals surface area (Å²) < 4.78 is 6.74. The molecular weight excluding hydrogens is 307 g/mol. The Morgan fingerprint density at radius 2 is 2.28 bits per heavy atom. The molecule has 0 spiro atoms. The van der Waals surface area contributed by atoms with Crippen molar-refractivity contribution in [3.8, 4) is 0 Å². The molecule has 1 saturated heterocycles. The van der Waals surface area contributed by atoms with Crippen LogP contribution in [-0.4, -0.2) is 53.5 Å². The Hall–Kier alpha value is -0.921. The third-order valence-corrected chi connectivity index (χ3v) is 5.11. The van der Waals surface area contributed by atoms with Gasteiger partial charge in [0.05, 0.1) is 0 Å². The number of aromatic nitrogens is 2. The molecule has 100 valence electrons. The number of rotatable bonds is 3. The third-order valence-electron chi connectivity index (χ3n) is 2.89. The van der Waals surface area contributed by atoms with Crippen LogP contribution >= 0.6 is 0 Å². The van der Waals surface area contributed by atoms with Crippen LogP contribution < -0.4 is 11.2 Å². The van der Waals surface area contributed by atoms with Gasteiger partial charge in [0.2, 0.25) is 0 Å². The fraction of sp³-hybridized carbons (Fsp3) is 0.600. The van der Waals surface area contributed by atoms with Crippen LogP contribution in [0.5, 0.6) is 0 Å². The van der Waals surface area contributed by atoms with E-state index in [1.165, 1.54) is 16.8 Å². The van der Waals surface area contributed by atoms with E-state index in [4.69, 9.17) is 9.84 Å². The van der Waals surface area contributed by atoms with E-state index in [0.717, 1.165) is 0 Å². The number of nitrogens with zero attached hydrogens (tertiary/aromatic N) is 1. The summed E-state index contributed by atoms with van der Waals surface area (Å²) in [5, 5.41) is 19.1. The zero-order valence-electron chi connectivity index (χ0n) is 9.65. The molecule has 1 unspecified atom stereocenters. The number of aliphatic hydroxyl groups is 2. The topological polar surface area (TPSA) is 105 Å². The molecule has 3 N–H and O–H groups in total. The summed E-state index contributed by atoms with van der Waals surface area (Å²) in [5.41, 5.74) is -1.06. The molecule has 1 aliphatic heterocycles. The molecule has 18 heavy (non-hydrogen) atoms. The van der Waals surface area contributed by atoms with Crippen molar-refractivity contribution >= 4 is 15.0 Å². The van der Waals surface area contributed by atoms with Crippen molar-refractivity contribution in [2.75, 3.05) is 6.61 Å². The Labute approximate surface area is 109 Å². The van der Waals surface area contributed by atoms with Crippen LogP contribution in [-0.2, 0) is 4.74 Å². The summed E-state index contributed by atoms with van der Waals surface area (Å²) in [6.45, 7) is -0.303. The molecule has 1 aromatic heterocycles. The third kappa shape index (κ3) is 2.30. The Kier molecular flexibility index (Phi) is 4.03. The van der Waals surface area contributed by atoms with Crippen LogP contribution in [0.1, 0.15) is 6.23 Å². The van der Waals surface area contributed by atoms with Crippen LogP contribution in [0.2, 0.25) is 10.6 Å². The van der Waals surface area contributed by atoms with E-state index < -0.39 is 29.7 Å². The average Bonchev–Trinajstić information content (AvgIpc) is 2.65. The minimum atomic E-state index is -0.802. The van der Waals surface area contributed by atoms with E-state index in [0.29, 0.717) is 0 Å². The second kappa shape index (κ2) is 5.38. The van der Waals surface area contributed by atoms with Gasteiger partial charge in [-0.25, -0.2) is 0 Å². The van der Waals surface area contributed by atoms with E-state index in [9.17, 15) is 14.7 Å². The van der Waals surface area contributed by atoms with Crippen molar-refractivity contribution in [2.24, 2.45) is 0 Å². The zero-order chi connectivity index (χ0) is 13.3. The quantitative estimate of drug-likeness (QED) is 0.577. The van der Waals surface area contributed by atoms with Crippen molar-refractivity contribution < 1.29 is 14.9 Å². The fourth-order valence-electron chi connectivity index (χ4n) is 1.98. The van der Waals surface area contributed by atoms with Crippen molar-refractivity contribution in [1.82, 2.24) is 9.55 Å². The molecule has 4 atom stereocenters. The molecule has 2 heterocycles. The molecular formula is C10H14N2O5Se. The van der Waals surface area contributed by atoms with Crippen molar-refractivity contribution in [2.45, 2.75) is 29.1 Å². The molecule has 0 bridgehead atoms. The van der Waals surface area contributed by atoms with Crippen LogP contribution in [0.3, 0.4) is 0 Å². The van der Waals surface area contributed by atoms with Gasteiger partial charge in [0.1, 0.15) is 0 Å². The van der Waals surface area contributed by atoms with Gasteiger partial charge in [-0.15, -0.1) is 0 Å². The van der Waals surface area contributed by atoms with Gasteiger partial charge in [0.25, 0.3) is 0 Å². The number of H-pyrrole nitrogens is 1. The molecule has 1 fully saturated rings. The van der Waals surface area contributed by atoms with Gasteiger partial charge in [-0.1, -0.05) is 0 Å². The predicted molar refractivity (Wildman–Crippen MR) is 63.7 cm³/mol. The minimum absolute atomic E-state index is 0.0313. The number of nitrogens with one attached hydrogen (secondary N) is 1. The number of aromatic amines is 1. The van der Waals surface area contributed by atoms with E-state index in [1.54, 1.807) is 0 Å². The van der Waals surface area contributed by atoms with Crippen molar-refractivity contribution in [1.29, 1.82) is 0 Å². The second-order valence-electron chi connectivity index (χ2n) is 3.96. The molecule has 0 radical (unpaired) electrons. The Bertz CT molecular complexity index is 527. The zero-order valence-corrected chi connectivity index (χ0v) is 11.4. The Morgan fingerprint density at radius 1 is 1.56 bits per heavy atom. The molecule has 8 heteroatoms. The van der Waals surface area contributed by atoms with E-state index in [1.807, 2.05) is 5.82 Å². The molecule has 1 aliphatic rings. The van der Waals surface area contributed by atoms with Gasteiger partial charge in [0.15, 0.2) is 0 Å². The number of hydrogen-bond acceptors (Lipinski definition) is 5. The first kappa shape index (κ1) is 13.5. The summed E-state index contributed by atoms with van der Waals surface area (Å²) in [4.78, 5) is 24.6. The first-order valence-corrected chi connectivity index (χ1v) is 8.07. The molecule has 0 aromatic carbocycles. The van der Waals surface area contributed by atoms with Gasteiger partial charge in [-0.3, -0.25) is 0 Å². The SMILES string of the molecule is C[Se]C1[C@@H](O)[C@@H](CO)O[C@H]1n1ccc(=O)[nH]c1=O. The van der Waals surface area contributed by atoms with E-state index >= 15 is 0 Å². The van der Waals surface area contributed by atoms with E-state index in [-0.39, 0.29) is 26.4 Å². The summed E-state index contributed by atoms with van der Waals surface area (Å²) in [6.07, 6.45) is -0.798. The van der Waals surface area contributed by atoms with Crippen molar-refractivity contribution in [3.05, 3.63) is 33.1 Å². The first-order valence-electron chi connectivity index (χ1n) is 5.37. The predicted octanol–water partition coefficient (Wildman–Crippen LogP) is -1.67. The maximum absolute atomic E-state index is 11.7. The van der Waals surface area contributed by atoms with Gasteiger partial charge in [-0.05, 0) is 0 Å². The van der Waals surface area contributed by atoms with Crippen LogP contribution in [0.15, 0.2) is 21.9 Å². The van der Waals surface area contributed by atoms with Crippen molar-refractivity contribution in [3.63, 3.8) is 0 Å². The standard InChI is InChI=1S/C10H14N2O5Se/c1-18-8-7(15)5(4-13)17-9(8)12-3-2-6(14)11-10(12)16/h2-3,5,7-9,13,15H,4H2,1H3,(H,11,14,16)/t5-,7+,8?,9-/m1/s1. The molecule has 7 nitrogen and oxygen atoms in total. The maximum atomic E-state index is 11.7. The Balaban J connectivity index is 2.38. The van der Waals surface area contributed by atoms with Gasteiger partial charge < -0.3 is 0 Å². The van der Waals surface area contributed by atoms with E-state index in [2.05, 4.69) is 4.98 Å². The van der Waals surface area contributed by atoms with Crippen LogP contribution in [0.4, 0.5) is 0 Å². The number of hydrogen-bond donors (Lipinski definition) is 3. The molecule has 0 aliphatic carbocycles. The molecule has 1 aromatic rings. The second-order valence-corrected chi connectivity index (χ2v) is 6.09. The van der Waals surface area contributed by atoms with Gasteiger partial charge in [-0.2, -0.15) is 0 Å². The number of aliphatic hydroxyl groups excluding tert-OH is 2. The molecule has 0 amide bonds. The van der Waals surface area contributed by atoms with Crippen LogP contribution in [0.25, 0.3) is 0 Å². The fourth-order valence-corrected chi connectivity index (χ4v) is 3.83. The average molecular weight is 321 g/mol. The number of ether oxygens (including phenoxy) is 1. The monoisotopic (exact) mass is 322 g/mol. The summed E-state index contributed by atoms with van der Waals surface area (Å²) in [5.74, 6) is 1.92. The Morgan fingerprint density at radius 3 is 2.83 bits per heavy atom. The normalized spacial score (nSPS) is 31.7. The summed E-state index contributed by atoms with van der Waals surface area (Å²) >= 11 is 0.0313. The molecule has 2 rings (SSSR count).